The van der Waals surface area contributed by atoms with E-state index < -0.39 is 0 Å². The molecule has 0 amide bonds. The van der Waals surface area contributed by atoms with Crippen LogP contribution in [0.25, 0.3) is 0 Å². The van der Waals surface area contributed by atoms with Crippen LogP contribution in [-0.4, -0.2) is 24.5 Å². The van der Waals surface area contributed by atoms with Gasteiger partial charge in [-0.25, -0.2) is 8.78 Å². The first-order valence-electron chi connectivity index (χ1n) is 6.83. The average molecular weight is 268 g/mol. The number of nitrogens with two attached hydrogens (primary N) is 1. The van der Waals surface area contributed by atoms with Crippen LogP contribution in [0.3, 0.4) is 0 Å². The van der Waals surface area contributed by atoms with Crippen molar-refractivity contribution >= 4 is 0 Å². The molecule has 2 N–H and O–H groups in total. The maximum atomic E-state index is 14.0. The van der Waals surface area contributed by atoms with Crippen molar-refractivity contribution in [2.24, 2.45) is 11.7 Å². The summed E-state index contributed by atoms with van der Waals surface area (Å²) in [5.41, 5.74) is 6.56. The summed E-state index contributed by atoms with van der Waals surface area (Å²) in [5.74, 6) is -0.0898. The molecule has 19 heavy (non-hydrogen) atoms. The smallest absolute Gasteiger partial charge is 0.128 e. The minimum atomic E-state index is -0.354. The minimum absolute atomic E-state index is 0.177. The molecule has 0 aromatic heterocycles. The molecule has 106 valence electrons. The number of hydrogen-bond donors (Lipinski definition) is 1. The summed E-state index contributed by atoms with van der Waals surface area (Å²) in [7, 11) is 1.94. The highest BCUT2D eigenvalue weighted by Gasteiger charge is 2.35. The van der Waals surface area contributed by atoms with E-state index in [9.17, 15) is 8.78 Å². The Morgan fingerprint density at radius 2 is 1.95 bits per heavy atom. The first-order valence-corrected chi connectivity index (χ1v) is 6.83. The van der Waals surface area contributed by atoms with Gasteiger partial charge in [0.05, 0.1) is 0 Å². The maximum absolute atomic E-state index is 14.0. The zero-order valence-corrected chi connectivity index (χ0v) is 11.8. The molecule has 0 radical (unpaired) electrons. The molecule has 4 heteroatoms. The molecule has 1 aromatic rings. The van der Waals surface area contributed by atoms with Gasteiger partial charge in [-0.15, -0.1) is 0 Å². The number of benzene rings is 1. The van der Waals surface area contributed by atoms with E-state index >= 15 is 0 Å². The van der Waals surface area contributed by atoms with Gasteiger partial charge in [-0.3, -0.25) is 4.90 Å². The van der Waals surface area contributed by atoms with Crippen LogP contribution in [0.1, 0.15) is 36.9 Å². The van der Waals surface area contributed by atoms with Crippen LogP contribution >= 0.6 is 0 Å². The number of likely N-dealkylation sites (N-methyl/N-ethyl adjacent to an activating group) is 1. The van der Waals surface area contributed by atoms with Crippen LogP contribution in [0.4, 0.5) is 8.78 Å². The van der Waals surface area contributed by atoms with E-state index in [2.05, 4.69) is 4.90 Å². The topological polar surface area (TPSA) is 29.3 Å². The quantitative estimate of drug-likeness (QED) is 0.889. The molecule has 2 unspecified atom stereocenters. The highest BCUT2D eigenvalue weighted by molar-refractivity contribution is 5.27. The maximum Gasteiger partial charge on any atom is 0.128 e. The second-order valence-corrected chi connectivity index (χ2v) is 5.60. The third-order valence-electron chi connectivity index (χ3n) is 4.27. The molecule has 2 atom stereocenters. The molecular weight excluding hydrogens is 246 g/mol. The summed E-state index contributed by atoms with van der Waals surface area (Å²) in [5, 5.41) is 0. The van der Waals surface area contributed by atoms with Crippen LogP contribution in [0.2, 0.25) is 0 Å². The lowest BCUT2D eigenvalue weighted by Crippen LogP contribution is -2.41. The molecule has 1 fully saturated rings. The van der Waals surface area contributed by atoms with Crippen molar-refractivity contribution in [3.8, 4) is 0 Å². The van der Waals surface area contributed by atoms with Gasteiger partial charge >= 0.3 is 0 Å². The van der Waals surface area contributed by atoms with E-state index in [0.717, 1.165) is 0 Å². The SMILES string of the molecule is Cc1cc(F)c(C(C)N(C)C(CN)C2CC2)cc1F. The summed E-state index contributed by atoms with van der Waals surface area (Å²) >= 11 is 0. The van der Waals surface area contributed by atoms with Gasteiger partial charge in [-0.1, -0.05) is 0 Å². The van der Waals surface area contributed by atoms with Crippen LogP contribution in [0.5, 0.6) is 0 Å². The fourth-order valence-electron chi connectivity index (χ4n) is 2.66. The van der Waals surface area contributed by atoms with Crippen LogP contribution in [0.15, 0.2) is 12.1 Å². The highest BCUT2D eigenvalue weighted by atomic mass is 19.1. The summed E-state index contributed by atoms with van der Waals surface area (Å²) in [6, 6.07) is 2.65. The Labute approximate surface area is 113 Å². The molecule has 1 aliphatic rings. The zero-order chi connectivity index (χ0) is 14.2. The second-order valence-electron chi connectivity index (χ2n) is 5.60. The first kappa shape index (κ1) is 14.4. The lowest BCUT2D eigenvalue weighted by molar-refractivity contribution is 0.167. The lowest BCUT2D eigenvalue weighted by Gasteiger charge is -2.33. The second kappa shape index (κ2) is 5.55. The van der Waals surface area contributed by atoms with Crippen LogP contribution in [0, 0.1) is 24.5 Å². The van der Waals surface area contributed by atoms with Crippen molar-refractivity contribution in [3.05, 3.63) is 34.9 Å². The fourth-order valence-corrected chi connectivity index (χ4v) is 2.66. The Balaban J connectivity index is 2.22. The molecule has 1 aromatic carbocycles. The Morgan fingerprint density at radius 1 is 1.32 bits per heavy atom. The first-order chi connectivity index (χ1) is 8.95. The van der Waals surface area contributed by atoms with Gasteiger partial charge < -0.3 is 5.73 Å². The average Bonchev–Trinajstić information content (AvgIpc) is 3.18. The molecule has 0 bridgehead atoms. The van der Waals surface area contributed by atoms with Gasteiger partial charge in [0, 0.05) is 24.2 Å². The normalized spacial score (nSPS) is 18.7. The van der Waals surface area contributed by atoms with Gasteiger partial charge in [0.15, 0.2) is 0 Å². The largest absolute Gasteiger partial charge is 0.329 e. The predicted molar refractivity (Wildman–Crippen MR) is 72.8 cm³/mol. The molecule has 2 rings (SSSR count). The summed E-state index contributed by atoms with van der Waals surface area (Å²) in [6.45, 7) is 4.03. The lowest BCUT2D eigenvalue weighted by atomic mass is 10.0. The van der Waals surface area contributed by atoms with Gasteiger partial charge in [-0.2, -0.15) is 0 Å². The van der Waals surface area contributed by atoms with Crippen molar-refractivity contribution in [3.63, 3.8) is 0 Å². The fraction of sp³-hybridized carbons (Fsp3) is 0.600. The van der Waals surface area contributed by atoms with Crippen molar-refractivity contribution in [2.45, 2.75) is 38.8 Å². The van der Waals surface area contributed by atoms with Gasteiger partial charge in [0.1, 0.15) is 11.6 Å². The predicted octanol–water partition coefficient (Wildman–Crippen LogP) is 3.00. The molecule has 2 nitrogen and oxygen atoms in total. The third kappa shape index (κ3) is 2.95. The minimum Gasteiger partial charge on any atom is -0.329 e. The van der Waals surface area contributed by atoms with E-state index in [1.165, 1.54) is 25.0 Å². The monoisotopic (exact) mass is 268 g/mol. The number of hydrogen-bond acceptors (Lipinski definition) is 2. The van der Waals surface area contributed by atoms with E-state index in [1.54, 1.807) is 6.92 Å². The molecular formula is C15H22F2N2. The van der Waals surface area contributed by atoms with Crippen LogP contribution in [-0.2, 0) is 0 Å². The number of rotatable bonds is 5. The highest BCUT2D eigenvalue weighted by Crippen LogP contribution is 2.37. The van der Waals surface area contributed by atoms with Crippen molar-refractivity contribution in [2.75, 3.05) is 13.6 Å². The number of halogens is 2. The molecule has 0 heterocycles. The van der Waals surface area contributed by atoms with Gasteiger partial charge in [-0.05, 0) is 57.4 Å². The summed E-state index contributed by atoms with van der Waals surface area (Å²) in [6.07, 6.45) is 2.37. The Morgan fingerprint density at radius 3 is 2.47 bits per heavy atom. The Kier molecular flexibility index (Phi) is 4.21. The zero-order valence-electron chi connectivity index (χ0n) is 11.8. The standard InChI is InChI=1S/C15H22F2N2/c1-9-6-14(17)12(7-13(9)16)10(2)19(3)15(8-18)11-4-5-11/h6-7,10-11,15H,4-5,8,18H2,1-3H3. The van der Waals surface area contributed by atoms with Crippen LogP contribution < -0.4 is 5.73 Å². The number of aryl methyl sites for hydroxylation is 1. The van der Waals surface area contributed by atoms with Gasteiger partial charge in [0.25, 0.3) is 0 Å². The number of nitrogens with zero attached hydrogens (tertiary/aromatic N) is 1. The third-order valence-corrected chi connectivity index (χ3v) is 4.27. The summed E-state index contributed by atoms with van der Waals surface area (Å²) < 4.78 is 27.6. The summed E-state index contributed by atoms with van der Waals surface area (Å²) in [4.78, 5) is 2.07. The molecule has 0 spiro atoms. The van der Waals surface area contributed by atoms with Crippen molar-refractivity contribution in [1.82, 2.24) is 4.90 Å². The molecule has 1 saturated carbocycles. The van der Waals surface area contributed by atoms with Crippen molar-refractivity contribution < 1.29 is 8.78 Å². The van der Waals surface area contributed by atoms with E-state index in [-0.39, 0.29) is 23.7 Å². The van der Waals surface area contributed by atoms with E-state index in [0.29, 0.717) is 23.6 Å². The van der Waals surface area contributed by atoms with E-state index in [1.807, 2.05) is 14.0 Å². The Bertz CT molecular complexity index is 458. The van der Waals surface area contributed by atoms with Gasteiger partial charge in [0.2, 0.25) is 0 Å². The Hall–Kier alpha value is -1.00. The molecule has 1 aliphatic carbocycles. The molecule has 0 saturated heterocycles. The molecule has 0 aliphatic heterocycles. The van der Waals surface area contributed by atoms with E-state index in [4.69, 9.17) is 5.73 Å². The van der Waals surface area contributed by atoms with Crippen molar-refractivity contribution in [1.29, 1.82) is 0 Å².